The predicted octanol–water partition coefficient (Wildman–Crippen LogP) is 7.27. The van der Waals surface area contributed by atoms with E-state index in [1.165, 1.54) is 5.56 Å². The number of carbonyl (C=O) groups is 2. The number of esters is 1. The van der Waals surface area contributed by atoms with E-state index in [4.69, 9.17) is 14.7 Å². The van der Waals surface area contributed by atoms with Crippen LogP contribution in [0.3, 0.4) is 0 Å². The molecule has 0 aliphatic heterocycles. The lowest BCUT2D eigenvalue weighted by molar-refractivity contribution is -0.123. The van der Waals surface area contributed by atoms with Gasteiger partial charge in [0.15, 0.2) is 6.10 Å². The monoisotopic (exact) mass is 515 g/mol. The van der Waals surface area contributed by atoms with Gasteiger partial charge < -0.3 is 10.1 Å². The molecule has 0 aliphatic rings. The highest BCUT2D eigenvalue weighted by Gasteiger charge is 2.20. The molecule has 1 amide bonds. The van der Waals surface area contributed by atoms with E-state index in [2.05, 4.69) is 19.2 Å². The van der Waals surface area contributed by atoms with Crippen molar-refractivity contribution >= 4 is 28.6 Å². The Hall–Kier alpha value is -4.84. The molecule has 0 aliphatic carbocycles. The van der Waals surface area contributed by atoms with Crippen LogP contribution >= 0.6 is 0 Å². The zero-order valence-electron chi connectivity index (χ0n) is 22.1. The lowest BCUT2D eigenvalue weighted by atomic mass is 10.0. The van der Waals surface area contributed by atoms with E-state index >= 15 is 0 Å². The molecule has 1 aromatic heterocycles. The number of amides is 1. The van der Waals surface area contributed by atoms with Crippen LogP contribution in [0, 0.1) is 0 Å². The Morgan fingerprint density at radius 1 is 0.692 bits per heavy atom. The first-order valence-corrected chi connectivity index (χ1v) is 12.9. The smallest absolute Gasteiger partial charge is 0.338 e. The number of anilines is 1. The molecule has 0 bridgehead atoms. The zero-order valence-corrected chi connectivity index (χ0v) is 22.1. The fourth-order valence-corrected chi connectivity index (χ4v) is 4.25. The van der Waals surface area contributed by atoms with Gasteiger partial charge in [-0.3, -0.25) is 4.79 Å². The first kappa shape index (κ1) is 25.8. The number of nitrogens with zero attached hydrogens (tertiary/aromatic N) is 2. The summed E-state index contributed by atoms with van der Waals surface area (Å²) in [5, 5.41) is 2.80. The van der Waals surface area contributed by atoms with Gasteiger partial charge in [0.1, 0.15) is 0 Å². The van der Waals surface area contributed by atoms with Gasteiger partial charge in [0.05, 0.1) is 28.0 Å². The highest BCUT2D eigenvalue weighted by atomic mass is 16.5. The van der Waals surface area contributed by atoms with Crippen LogP contribution in [0.15, 0.2) is 103 Å². The van der Waals surface area contributed by atoms with Crippen molar-refractivity contribution in [3.05, 3.63) is 114 Å². The molecule has 0 radical (unpaired) electrons. The Labute approximate surface area is 227 Å². The summed E-state index contributed by atoms with van der Waals surface area (Å²) in [6, 6.07) is 32.4. The van der Waals surface area contributed by atoms with Crippen LogP contribution < -0.4 is 5.32 Å². The summed E-state index contributed by atoms with van der Waals surface area (Å²) in [5.74, 6) is -0.611. The van der Waals surface area contributed by atoms with E-state index in [0.29, 0.717) is 28.2 Å². The molecule has 6 heteroatoms. The van der Waals surface area contributed by atoms with Crippen molar-refractivity contribution in [1.82, 2.24) is 9.97 Å². The molecular formula is C33H29N3O3. The first-order chi connectivity index (χ1) is 18.9. The lowest BCUT2D eigenvalue weighted by Gasteiger charge is -2.15. The Kier molecular flexibility index (Phi) is 7.46. The summed E-state index contributed by atoms with van der Waals surface area (Å²) in [6.45, 7) is 5.77. The van der Waals surface area contributed by atoms with Gasteiger partial charge in [-0.25, -0.2) is 14.8 Å². The van der Waals surface area contributed by atoms with E-state index in [9.17, 15) is 9.59 Å². The standard InChI is InChI=1S/C33H29N3O3/c1-21(2)23-14-17-27(18-15-23)34-32(37)22(3)39-33(38)26-16-19-28-29(20-26)36-31(25-12-8-5-9-13-25)30(35-28)24-10-6-4-7-11-24/h4-22H,1-3H3,(H,34,37). The number of ether oxygens (including phenoxy) is 1. The molecule has 0 spiro atoms. The van der Waals surface area contributed by atoms with Crippen LogP contribution in [0.2, 0.25) is 0 Å². The van der Waals surface area contributed by atoms with E-state index in [-0.39, 0.29) is 0 Å². The average Bonchev–Trinajstić information content (AvgIpc) is 2.97. The van der Waals surface area contributed by atoms with Gasteiger partial charge in [0, 0.05) is 16.8 Å². The second kappa shape index (κ2) is 11.3. The van der Waals surface area contributed by atoms with Crippen molar-refractivity contribution < 1.29 is 14.3 Å². The largest absolute Gasteiger partial charge is 0.449 e. The van der Waals surface area contributed by atoms with Gasteiger partial charge in [0.25, 0.3) is 5.91 Å². The molecule has 4 aromatic carbocycles. The predicted molar refractivity (Wildman–Crippen MR) is 154 cm³/mol. The molecule has 1 N–H and O–H groups in total. The third kappa shape index (κ3) is 5.85. The Morgan fingerprint density at radius 2 is 1.26 bits per heavy atom. The van der Waals surface area contributed by atoms with Gasteiger partial charge in [-0.05, 0) is 48.7 Å². The lowest BCUT2D eigenvalue weighted by Crippen LogP contribution is -2.30. The second-order valence-electron chi connectivity index (χ2n) is 9.67. The van der Waals surface area contributed by atoms with Gasteiger partial charge in [-0.2, -0.15) is 0 Å². The van der Waals surface area contributed by atoms with E-state index in [0.717, 1.165) is 22.5 Å². The van der Waals surface area contributed by atoms with Crippen LogP contribution in [-0.2, 0) is 9.53 Å². The normalized spacial score (nSPS) is 11.8. The topological polar surface area (TPSA) is 81.2 Å². The SMILES string of the molecule is CC(OC(=O)c1ccc2nc(-c3ccccc3)c(-c3ccccc3)nc2c1)C(=O)Nc1ccc(C(C)C)cc1. The second-order valence-corrected chi connectivity index (χ2v) is 9.67. The molecule has 5 aromatic rings. The third-order valence-electron chi connectivity index (χ3n) is 6.49. The summed E-state index contributed by atoms with van der Waals surface area (Å²) in [5.41, 5.74) is 6.69. The van der Waals surface area contributed by atoms with Gasteiger partial charge >= 0.3 is 5.97 Å². The number of aromatic nitrogens is 2. The summed E-state index contributed by atoms with van der Waals surface area (Å²) in [4.78, 5) is 35.4. The molecule has 0 saturated carbocycles. The van der Waals surface area contributed by atoms with Gasteiger partial charge in [-0.1, -0.05) is 86.6 Å². The van der Waals surface area contributed by atoms with Crippen LogP contribution in [0.4, 0.5) is 5.69 Å². The van der Waals surface area contributed by atoms with E-state index in [1.54, 1.807) is 25.1 Å². The van der Waals surface area contributed by atoms with E-state index < -0.39 is 18.0 Å². The number of nitrogens with one attached hydrogen (secondary N) is 1. The first-order valence-electron chi connectivity index (χ1n) is 12.9. The quantitative estimate of drug-likeness (QED) is 0.231. The molecule has 0 fully saturated rings. The molecule has 194 valence electrons. The molecule has 39 heavy (non-hydrogen) atoms. The maximum absolute atomic E-state index is 13.0. The number of carbonyl (C=O) groups excluding carboxylic acids is 2. The number of benzene rings is 4. The average molecular weight is 516 g/mol. The Morgan fingerprint density at radius 3 is 1.82 bits per heavy atom. The van der Waals surface area contributed by atoms with Crippen molar-refractivity contribution in [2.24, 2.45) is 0 Å². The molecule has 1 heterocycles. The minimum absolute atomic E-state index is 0.296. The summed E-state index contributed by atoms with van der Waals surface area (Å²) in [6.07, 6.45) is -0.982. The summed E-state index contributed by atoms with van der Waals surface area (Å²) in [7, 11) is 0. The van der Waals surface area contributed by atoms with Crippen LogP contribution in [0.25, 0.3) is 33.5 Å². The van der Waals surface area contributed by atoms with Crippen molar-refractivity contribution in [1.29, 1.82) is 0 Å². The van der Waals surface area contributed by atoms with Crippen LogP contribution in [0.1, 0.15) is 42.6 Å². The minimum Gasteiger partial charge on any atom is -0.449 e. The molecule has 1 atom stereocenters. The number of hydrogen-bond donors (Lipinski definition) is 1. The Bertz CT molecular complexity index is 1620. The maximum Gasteiger partial charge on any atom is 0.338 e. The fourth-order valence-electron chi connectivity index (χ4n) is 4.25. The van der Waals surface area contributed by atoms with Gasteiger partial charge in [-0.15, -0.1) is 0 Å². The summed E-state index contributed by atoms with van der Waals surface area (Å²) < 4.78 is 5.49. The van der Waals surface area contributed by atoms with Crippen molar-refractivity contribution in [2.75, 3.05) is 5.32 Å². The van der Waals surface area contributed by atoms with Crippen LogP contribution in [0.5, 0.6) is 0 Å². The van der Waals surface area contributed by atoms with Crippen molar-refractivity contribution in [2.45, 2.75) is 32.8 Å². The Balaban J connectivity index is 1.38. The third-order valence-corrected chi connectivity index (χ3v) is 6.49. The van der Waals surface area contributed by atoms with Gasteiger partial charge in [0.2, 0.25) is 0 Å². The van der Waals surface area contributed by atoms with Crippen LogP contribution in [-0.4, -0.2) is 27.9 Å². The molecular weight excluding hydrogens is 486 g/mol. The minimum atomic E-state index is -0.982. The van der Waals surface area contributed by atoms with Crippen molar-refractivity contribution in [3.8, 4) is 22.5 Å². The fraction of sp³-hybridized carbons (Fsp3) is 0.152. The number of fused-ring (bicyclic) bond motifs is 1. The number of hydrogen-bond acceptors (Lipinski definition) is 5. The highest BCUT2D eigenvalue weighted by Crippen LogP contribution is 2.31. The molecule has 1 unspecified atom stereocenters. The zero-order chi connectivity index (χ0) is 27.4. The molecule has 5 rings (SSSR count). The number of rotatable bonds is 7. The van der Waals surface area contributed by atoms with Crippen molar-refractivity contribution in [3.63, 3.8) is 0 Å². The van der Waals surface area contributed by atoms with E-state index in [1.807, 2.05) is 84.9 Å². The maximum atomic E-state index is 13.0. The highest BCUT2D eigenvalue weighted by molar-refractivity contribution is 5.99. The molecule has 0 saturated heterocycles. The summed E-state index contributed by atoms with van der Waals surface area (Å²) >= 11 is 0. The molecule has 6 nitrogen and oxygen atoms in total.